The molecule has 1 aromatic carbocycles. The van der Waals surface area contributed by atoms with E-state index >= 15 is 0 Å². The normalized spacial score (nSPS) is 16.2. The van der Waals surface area contributed by atoms with E-state index in [1.165, 1.54) is 14.2 Å². The molecule has 0 aliphatic heterocycles. The van der Waals surface area contributed by atoms with Crippen LogP contribution in [0.5, 0.6) is 0 Å². The Morgan fingerprint density at radius 3 is 1.94 bits per heavy atom. The van der Waals surface area contributed by atoms with Crippen LogP contribution in [0.2, 0.25) is 0 Å². The molecule has 0 unspecified atom stereocenters. The van der Waals surface area contributed by atoms with E-state index in [2.05, 4.69) is 0 Å². The SMILES string of the molecule is COC(=O)C1(C(=O)OC)C(C)=C1c1ccccc1. The Kier molecular flexibility index (Phi) is 2.95. The molecule has 0 heterocycles. The van der Waals surface area contributed by atoms with Gasteiger partial charge in [0, 0.05) is 0 Å². The molecule has 4 nitrogen and oxygen atoms in total. The van der Waals surface area contributed by atoms with Gasteiger partial charge in [0.1, 0.15) is 0 Å². The van der Waals surface area contributed by atoms with Gasteiger partial charge in [0.25, 0.3) is 0 Å². The molecule has 0 bridgehead atoms. The van der Waals surface area contributed by atoms with Crippen molar-refractivity contribution in [1.82, 2.24) is 0 Å². The summed E-state index contributed by atoms with van der Waals surface area (Å²) in [5.74, 6) is -1.18. The molecule has 1 aromatic rings. The molecule has 0 amide bonds. The first kappa shape index (κ1) is 12.4. The number of benzene rings is 1. The molecule has 18 heavy (non-hydrogen) atoms. The van der Waals surface area contributed by atoms with Gasteiger partial charge in [-0.2, -0.15) is 0 Å². The van der Waals surface area contributed by atoms with Crippen molar-refractivity contribution in [2.75, 3.05) is 14.2 Å². The van der Waals surface area contributed by atoms with Crippen molar-refractivity contribution in [2.24, 2.45) is 5.41 Å². The zero-order chi connectivity index (χ0) is 13.3. The van der Waals surface area contributed by atoms with E-state index < -0.39 is 17.4 Å². The van der Waals surface area contributed by atoms with E-state index in [0.29, 0.717) is 11.1 Å². The van der Waals surface area contributed by atoms with Gasteiger partial charge in [-0.25, -0.2) is 0 Å². The molecule has 4 heteroatoms. The third kappa shape index (κ3) is 1.45. The highest BCUT2D eigenvalue weighted by Crippen LogP contribution is 2.59. The van der Waals surface area contributed by atoms with Gasteiger partial charge < -0.3 is 9.47 Å². The summed E-state index contributed by atoms with van der Waals surface area (Å²) in [6.07, 6.45) is 0. The van der Waals surface area contributed by atoms with Gasteiger partial charge in [-0.05, 0) is 23.6 Å². The van der Waals surface area contributed by atoms with Gasteiger partial charge in [0.05, 0.1) is 14.2 Å². The Morgan fingerprint density at radius 1 is 1.00 bits per heavy atom. The second kappa shape index (κ2) is 4.29. The lowest BCUT2D eigenvalue weighted by Gasteiger charge is -2.14. The average Bonchev–Trinajstić information content (AvgIpc) is 3.05. The second-order valence-corrected chi connectivity index (χ2v) is 4.10. The highest BCUT2D eigenvalue weighted by atomic mass is 16.5. The Bertz CT molecular complexity index is 512. The van der Waals surface area contributed by atoms with Crippen LogP contribution < -0.4 is 0 Å². The zero-order valence-corrected chi connectivity index (χ0v) is 10.5. The van der Waals surface area contributed by atoms with E-state index in [1.807, 2.05) is 30.3 Å². The highest BCUT2D eigenvalue weighted by Gasteiger charge is 2.65. The number of carbonyl (C=O) groups is 2. The zero-order valence-electron chi connectivity index (χ0n) is 10.5. The second-order valence-electron chi connectivity index (χ2n) is 4.10. The van der Waals surface area contributed by atoms with Crippen molar-refractivity contribution >= 4 is 17.5 Å². The molecule has 1 aliphatic carbocycles. The molecule has 0 saturated heterocycles. The number of ether oxygens (including phenoxy) is 2. The van der Waals surface area contributed by atoms with E-state index in [1.54, 1.807) is 6.92 Å². The van der Waals surface area contributed by atoms with E-state index in [4.69, 9.17) is 9.47 Å². The van der Waals surface area contributed by atoms with Crippen LogP contribution >= 0.6 is 0 Å². The smallest absolute Gasteiger partial charge is 0.332 e. The molecular formula is C14H14O4. The fourth-order valence-corrected chi connectivity index (χ4v) is 2.34. The predicted octanol–water partition coefficient (Wildman–Crippen LogP) is 1.81. The van der Waals surface area contributed by atoms with Gasteiger partial charge in [-0.3, -0.25) is 9.59 Å². The summed E-state index contributed by atoms with van der Waals surface area (Å²) in [6.45, 7) is 1.75. The van der Waals surface area contributed by atoms with E-state index in [9.17, 15) is 9.59 Å². The van der Waals surface area contributed by atoms with Gasteiger partial charge in [0.15, 0.2) is 0 Å². The lowest BCUT2D eigenvalue weighted by molar-refractivity contribution is -0.159. The van der Waals surface area contributed by atoms with Crippen LogP contribution in [0, 0.1) is 5.41 Å². The Labute approximate surface area is 105 Å². The summed E-state index contributed by atoms with van der Waals surface area (Å²) < 4.78 is 9.48. The molecule has 2 rings (SSSR count). The molecule has 0 N–H and O–H groups in total. The quantitative estimate of drug-likeness (QED) is 0.603. The van der Waals surface area contributed by atoms with Gasteiger partial charge >= 0.3 is 11.9 Å². The van der Waals surface area contributed by atoms with Gasteiger partial charge in [0.2, 0.25) is 5.41 Å². The molecule has 0 atom stereocenters. The summed E-state index contributed by atoms with van der Waals surface area (Å²) >= 11 is 0. The molecular weight excluding hydrogens is 232 g/mol. The Balaban J connectivity index is 2.45. The van der Waals surface area contributed by atoms with Crippen molar-refractivity contribution < 1.29 is 19.1 Å². The molecule has 0 saturated carbocycles. The van der Waals surface area contributed by atoms with Crippen molar-refractivity contribution in [3.63, 3.8) is 0 Å². The van der Waals surface area contributed by atoms with Crippen LogP contribution in [0.3, 0.4) is 0 Å². The molecule has 0 aromatic heterocycles. The van der Waals surface area contributed by atoms with Crippen LogP contribution in [-0.2, 0) is 19.1 Å². The average molecular weight is 246 g/mol. The van der Waals surface area contributed by atoms with E-state index in [-0.39, 0.29) is 0 Å². The van der Waals surface area contributed by atoms with Crippen LogP contribution in [0.25, 0.3) is 5.57 Å². The first-order valence-corrected chi connectivity index (χ1v) is 5.54. The third-order valence-corrected chi connectivity index (χ3v) is 3.30. The summed E-state index contributed by atoms with van der Waals surface area (Å²) in [7, 11) is 2.53. The van der Waals surface area contributed by atoms with Gasteiger partial charge in [-0.15, -0.1) is 0 Å². The minimum Gasteiger partial charge on any atom is -0.468 e. The highest BCUT2D eigenvalue weighted by molar-refractivity contribution is 6.25. The number of esters is 2. The maximum Gasteiger partial charge on any atom is 0.332 e. The number of carbonyl (C=O) groups excluding carboxylic acids is 2. The maximum atomic E-state index is 11.9. The standard InChI is InChI=1S/C14H14O4/c1-9-11(10-7-5-4-6-8-10)14(9,12(15)17-2)13(16)18-3/h4-8H,1-3H3. The topological polar surface area (TPSA) is 52.6 Å². The van der Waals surface area contributed by atoms with Crippen LogP contribution in [0.15, 0.2) is 35.9 Å². The molecule has 1 aliphatic rings. The van der Waals surface area contributed by atoms with Crippen molar-refractivity contribution in [2.45, 2.75) is 6.92 Å². The largest absolute Gasteiger partial charge is 0.468 e. The van der Waals surface area contributed by atoms with Crippen LogP contribution in [0.1, 0.15) is 12.5 Å². The third-order valence-electron chi connectivity index (χ3n) is 3.30. The monoisotopic (exact) mass is 246 g/mol. The maximum absolute atomic E-state index is 11.9. The minimum atomic E-state index is -1.34. The summed E-state index contributed by atoms with van der Waals surface area (Å²) in [6, 6.07) is 9.29. The fraction of sp³-hybridized carbons (Fsp3) is 0.286. The molecule has 0 fully saturated rings. The number of hydrogen-bond donors (Lipinski definition) is 0. The van der Waals surface area contributed by atoms with E-state index in [0.717, 1.165) is 5.56 Å². The molecule has 0 spiro atoms. The van der Waals surface area contributed by atoms with Crippen LogP contribution in [0.4, 0.5) is 0 Å². The summed E-state index contributed by atoms with van der Waals surface area (Å²) in [4.78, 5) is 23.9. The van der Waals surface area contributed by atoms with Gasteiger partial charge in [-0.1, -0.05) is 30.3 Å². The van der Waals surface area contributed by atoms with Crippen molar-refractivity contribution in [3.8, 4) is 0 Å². The summed E-state index contributed by atoms with van der Waals surface area (Å²) in [5, 5.41) is 0. The fourth-order valence-electron chi connectivity index (χ4n) is 2.34. The lowest BCUT2D eigenvalue weighted by atomic mass is 9.95. The molecule has 94 valence electrons. The molecule has 0 radical (unpaired) electrons. The number of rotatable bonds is 3. The predicted molar refractivity (Wildman–Crippen MR) is 65.5 cm³/mol. The van der Waals surface area contributed by atoms with Crippen molar-refractivity contribution in [3.05, 3.63) is 41.5 Å². The number of hydrogen-bond acceptors (Lipinski definition) is 4. The first-order valence-electron chi connectivity index (χ1n) is 5.54. The summed E-state index contributed by atoms with van der Waals surface area (Å²) in [5.41, 5.74) is 0.866. The lowest BCUT2D eigenvalue weighted by Crippen LogP contribution is -2.32. The first-order chi connectivity index (χ1) is 8.60. The Hall–Kier alpha value is -2.10. The van der Waals surface area contributed by atoms with Crippen LogP contribution in [-0.4, -0.2) is 26.2 Å². The minimum absolute atomic E-state index is 0.592. The number of methoxy groups -OCH3 is 2. The van der Waals surface area contributed by atoms with Crippen molar-refractivity contribution in [1.29, 1.82) is 0 Å². The Morgan fingerprint density at radius 2 is 1.50 bits per heavy atom.